The second kappa shape index (κ2) is 3.87. The van der Waals surface area contributed by atoms with E-state index < -0.39 is 0 Å². The van der Waals surface area contributed by atoms with Gasteiger partial charge in [-0.05, 0) is 19.3 Å². The zero-order valence-corrected chi connectivity index (χ0v) is 7.29. The highest BCUT2D eigenvalue weighted by Crippen LogP contribution is 2.20. The number of rotatable bonds is 4. The Hall–Kier alpha value is -0.610. The summed E-state index contributed by atoms with van der Waals surface area (Å²) in [5.41, 5.74) is 5.15. The molecule has 0 bridgehead atoms. The molecular weight excluding hydrogens is 156 g/mol. The van der Waals surface area contributed by atoms with Gasteiger partial charge >= 0.3 is 0 Å². The molecule has 0 aromatic heterocycles. The predicted octanol–water partition coefficient (Wildman–Crippen LogP) is -0.637. The van der Waals surface area contributed by atoms with E-state index >= 15 is 0 Å². The molecule has 1 amide bonds. The van der Waals surface area contributed by atoms with E-state index in [0.29, 0.717) is 6.42 Å². The number of hydrogen-bond acceptors (Lipinski definition) is 3. The summed E-state index contributed by atoms with van der Waals surface area (Å²) in [5, 5.41) is 12.1. The Labute approximate surface area is 72.1 Å². The van der Waals surface area contributed by atoms with E-state index in [1.807, 2.05) is 6.92 Å². The van der Waals surface area contributed by atoms with E-state index in [0.717, 1.165) is 12.8 Å². The third kappa shape index (κ3) is 2.19. The number of aliphatic hydroxyl groups excluding tert-OH is 1. The molecule has 0 aromatic carbocycles. The lowest BCUT2D eigenvalue weighted by Gasteiger charge is -2.34. The van der Waals surface area contributed by atoms with Crippen molar-refractivity contribution in [3.05, 3.63) is 0 Å². The Bertz CT molecular complexity index is 166. The van der Waals surface area contributed by atoms with Crippen LogP contribution in [0.2, 0.25) is 0 Å². The molecule has 0 heterocycles. The molecule has 1 unspecified atom stereocenters. The van der Waals surface area contributed by atoms with Crippen LogP contribution in [0.4, 0.5) is 0 Å². The van der Waals surface area contributed by atoms with Gasteiger partial charge in [0.25, 0.3) is 0 Å². The highest BCUT2D eigenvalue weighted by atomic mass is 16.3. The normalized spacial score (nSPS) is 30.8. The number of carbonyl (C=O) groups is 1. The van der Waals surface area contributed by atoms with Crippen LogP contribution in [0.3, 0.4) is 0 Å². The third-order valence-corrected chi connectivity index (χ3v) is 2.30. The van der Waals surface area contributed by atoms with Gasteiger partial charge in [0.2, 0.25) is 5.91 Å². The zero-order chi connectivity index (χ0) is 9.14. The smallest absolute Gasteiger partial charge is 0.234 e. The number of amides is 1. The van der Waals surface area contributed by atoms with Crippen molar-refractivity contribution in [3.8, 4) is 0 Å². The molecule has 1 fully saturated rings. The van der Waals surface area contributed by atoms with Gasteiger partial charge in [-0.25, -0.2) is 0 Å². The number of nitrogens with one attached hydrogen (secondary N) is 1. The monoisotopic (exact) mass is 172 g/mol. The first-order chi connectivity index (χ1) is 5.63. The Morgan fingerprint density at radius 3 is 2.67 bits per heavy atom. The van der Waals surface area contributed by atoms with E-state index in [1.165, 1.54) is 0 Å². The van der Waals surface area contributed by atoms with Gasteiger partial charge in [-0.3, -0.25) is 4.79 Å². The van der Waals surface area contributed by atoms with Gasteiger partial charge in [-0.15, -0.1) is 0 Å². The van der Waals surface area contributed by atoms with Crippen LogP contribution in [0.15, 0.2) is 0 Å². The molecule has 1 rings (SSSR count). The largest absolute Gasteiger partial charge is 0.393 e. The van der Waals surface area contributed by atoms with Gasteiger partial charge < -0.3 is 16.2 Å². The molecule has 0 aliphatic heterocycles. The number of hydrogen-bond donors (Lipinski definition) is 3. The minimum absolute atomic E-state index is 0.187. The van der Waals surface area contributed by atoms with Crippen LogP contribution in [-0.4, -0.2) is 29.2 Å². The van der Waals surface area contributed by atoms with Crippen LogP contribution in [0.25, 0.3) is 0 Å². The molecule has 1 atom stereocenters. The maximum Gasteiger partial charge on any atom is 0.234 e. The lowest BCUT2D eigenvalue weighted by molar-refractivity contribution is -0.120. The molecule has 4 heteroatoms. The van der Waals surface area contributed by atoms with Crippen LogP contribution in [-0.2, 0) is 4.79 Å². The second-order valence-corrected chi connectivity index (χ2v) is 3.35. The Balaban J connectivity index is 2.24. The SMILES string of the molecule is CCC(NC1CC(O)C1)C(N)=O. The van der Waals surface area contributed by atoms with E-state index in [2.05, 4.69) is 5.32 Å². The van der Waals surface area contributed by atoms with Crippen molar-refractivity contribution in [2.24, 2.45) is 5.73 Å². The van der Waals surface area contributed by atoms with Crippen molar-refractivity contribution < 1.29 is 9.90 Å². The van der Waals surface area contributed by atoms with Crippen molar-refractivity contribution in [2.75, 3.05) is 0 Å². The summed E-state index contributed by atoms with van der Waals surface area (Å²) in [6.45, 7) is 1.91. The van der Waals surface area contributed by atoms with Gasteiger partial charge in [0.15, 0.2) is 0 Å². The van der Waals surface area contributed by atoms with E-state index in [1.54, 1.807) is 0 Å². The molecule has 1 saturated carbocycles. The Morgan fingerprint density at radius 2 is 2.33 bits per heavy atom. The van der Waals surface area contributed by atoms with Gasteiger partial charge in [-0.2, -0.15) is 0 Å². The minimum Gasteiger partial charge on any atom is -0.393 e. The Kier molecular flexibility index (Phi) is 3.05. The van der Waals surface area contributed by atoms with E-state index in [9.17, 15) is 4.79 Å². The van der Waals surface area contributed by atoms with E-state index in [-0.39, 0.29) is 24.1 Å². The summed E-state index contributed by atoms with van der Waals surface area (Å²) in [5.74, 6) is -0.307. The van der Waals surface area contributed by atoms with Crippen LogP contribution in [0.1, 0.15) is 26.2 Å². The maximum atomic E-state index is 10.8. The molecule has 0 aromatic rings. The standard InChI is InChI=1S/C8H16N2O2/c1-2-7(8(9)12)10-5-3-6(11)4-5/h5-7,10-11H,2-4H2,1H3,(H2,9,12). The minimum atomic E-state index is -0.307. The molecule has 1 aliphatic rings. The second-order valence-electron chi connectivity index (χ2n) is 3.35. The van der Waals surface area contributed by atoms with Crippen molar-refractivity contribution in [1.82, 2.24) is 5.32 Å². The van der Waals surface area contributed by atoms with Gasteiger partial charge in [0.05, 0.1) is 12.1 Å². The van der Waals surface area contributed by atoms with Crippen LogP contribution >= 0.6 is 0 Å². The molecular formula is C8H16N2O2. The number of primary amides is 1. The van der Waals surface area contributed by atoms with Crippen molar-refractivity contribution in [2.45, 2.75) is 44.4 Å². The maximum absolute atomic E-state index is 10.8. The first-order valence-electron chi connectivity index (χ1n) is 4.37. The average Bonchev–Trinajstić information content (AvgIpc) is 1.95. The summed E-state index contributed by atoms with van der Waals surface area (Å²) in [6.07, 6.45) is 2.00. The lowest BCUT2D eigenvalue weighted by atomic mass is 9.88. The molecule has 70 valence electrons. The van der Waals surface area contributed by atoms with Crippen molar-refractivity contribution in [1.29, 1.82) is 0 Å². The number of carbonyl (C=O) groups excluding carboxylic acids is 1. The van der Waals surface area contributed by atoms with Crippen LogP contribution in [0.5, 0.6) is 0 Å². The Morgan fingerprint density at radius 1 is 1.75 bits per heavy atom. The molecule has 4 nitrogen and oxygen atoms in total. The lowest BCUT2D eigenvalue weighted by Crippen LogP contribution is -2.52. The molecule has 4 N–H and O–H groups in total. The highest BCUT2D eigenvalue weighted by Gasteiger charge is 2.29. The molecule has 0 radical (unpaired) electrons. The zero-order valence-electron chi connectivity index (χ0n) is 7.29. The number of nitrogens with two attached hydrogens (primary N) is 1. The quantitative estimate of drug-likeness (QED) is 0.528. The molecule has 0 spiro atoms. The van der Waals surface area contributed by atoms with E-state index in [4.69, 9.17) is 10.8 Å². The molecule has 12 heavy (non-hydrogen) atoms. The van der Waals surface area contributed by atoms with Gasteiger partial charge in [0.1, 0.15) is 0 Å². The van der Waals surface area contributed by atoms with Gasteiger partial charge in [-0.1, -0.05) is 6.92 Å². The highest BCUT2D eigenvalue weighted by molar-refractivity contribution is 5.79. The summed E-state index contributed by atoms with van der Waals surface area (Å²) in [4.78, 5) is 10.8. The van der Waals surface area contributed by atoms with Crippen molar-refractivity contribution in [3.63, 3.8) is 0 Å². The third-order valence-electron chi connectivity index (χ3n) is 2.30. The van der Waals surface area contributed by atoms with Crippen LogP contribution < -0.4 is 11.1 Å². The average molecular weight is 172 g/mol. The first-order valence-corrected chi connectivity index (χ1v) is 4.37. The summed E-state index contributed by atoms with van der Waals surface area (Å²) in [7, 11) is 0. The summed E-state index contributed by atoms with van der Waals surface area (Å²) >= 11 is 0. The molecule has 1 aliphatic carbocycles. The summed E-state index contributed by atoms with van der Waals surface area (Å²) < 4.78 is 0. The number of aliphatic hydroxyl groups is 1. The fraction of sp³-hybridized carbons (Fsp3) is 0.875. The topological polar surface area (TPSA) is 75.3 Å². The van der Waals surface area contributed by atoms with Crippen molar-refractivity contribution >= 4 is 5.91 Å². The predicted molar refractivity (Wildman–Crippen MR) is 45.4 cm³/mol. The van der Waals surface area contributed by atoms with Crippen LogP contribution in [0, 0.1) is 0 Å². The summed E-state index contributed by atoms with van der Waals surface area (Å²) in [6, 6.07) is 0.0416. The first kappa shape index (κ1) is 9.48. The fourth-order valence-electron chi connectivity index (χ4n) is 1.41. The molecule has 0 saturated heterocycles. The fourth-order valence-corrected chi connectivity index (χ4v) is 1.41. The van der Waals surface area contributed by atoms with Gasteiger partial charge in [0, 0.05) is 6.04 Å².